The number of likely N-dealkylation sites (tertiary alicyclic amines) is 1. The summed E-state index contributed by atoms with van der Waals surface area (Å²) in [5.74, 6) is 0.345. The molecule has 1 atom stereocenters. The van der Waals surface area contributed by atoms with E-state index in [-0.39, 0.29) is 17.8 Å². The molecule has 1 aliphatic heterocycles. The third-order valence-electron chi connectivity index (χ3n) is 5.09. The van der Waals surface area contributed by atoms with Crippen molar-refractivity contribution in [3.8, 4) is 5.75 Å². The number of anilines is 1. The van der Waals surface area contributed by atoms with Crippen LogP contribution in [0.3, 0.4) is 0 Å². The van der Waals surface area contributed by atoms with E-state index >= 15 is 0 Å². The van der Waals surface area contributed by atoms with Crippen molar-refractivity contribution < 1.29 is 18.7 Å². The Morgan fingerprint density at radius 2 is 2.21 bits per heavy atom. The smallest absolute Gasteiger partial charge is 0.321 e. The predicted molar refractivity (Wildman–Crippen MR) is 99.6 cm³/mol. The highest BCUT2D eigenvalue weighted by Crippen LogP contribution is 2.29. The van der Waals surface area contributed by atoms with Gasteiger partial charge in [0.1, 0.15) is 5.69 Å². The van der Waals surface area contributed by atoms with E-state index in [2.05, 4.69) is 15.6 Å². The van der Waals surface area contributed by atoms with Crippen molar-refractivity contribution in [2.24, 2.45) is 5.92 Å². The molecule has 1 aliphatic carbocycles. The molecule has 1 saturated carbocycles. The van der Waals surface area contributed by atoms with Crippen LogP contribution in [0.25, 0.3) is 0 Å². The number of urea groups is 1. The number of benzene rings is 1. The quantitative estimate of drug-likeness (QED) is 0.788. The largest absolute Gasteiger partial charge is 0.494 e. The van der Waals surface area contributed by atoms with Gasteiger partial charge in [0, 0.05) is 31.5 Å². The maximum absolute atomic E-state index is 13.8. The molecule has 9 heteroatoms. The lowest BCUT2D eigenvalue weighted by molar-refractivity contribution is 0.108. The molecule has 4 rings (SSSR count). The number of methoxy groups -OCH3 is 1. The summed E-state index contributed by atoms with van der Waals surface area (Å²) in [6, 6.07) is 4.15. The Morgan fingerprint density at radius 3 is 2.96 bits per heavy atom. The van der Waals surface area contributed by atoms with Crippen LogP contribution in [0.5, 0.6) is 5.75 Å². The van der Waals surface area contributed by atoms with Crippen LogP contribution in [-0.4, -0.2) is 52.7 Å². The molecule has 8 nitrogen and oxygen atoms in total. The van der Waals surface area contributed by atoms with Gasteiger partial charge in [-0.3, -0.25) is 0 Å². The fourth-order valence-electron chi connectivity index (χ4n) is 3.26. The molecule has 1 N–H and O–H groups in total. The second-order valence-electron chi connectivity index (χ2n) is 7.32. The van der Waals surface area contributed by atoms with E-state index in [9.17, 15) is 9.18 Å². The predicted octanol–water partition coefficient (Wildman–Crippen LogP) is 2.83. The lowest BCUT2D eigenvalue weighted by Gasteiger charge is -2.17. The first-order valence-corrected chi connectivity index (χ1v) is 9.50. The Labute approximate surface area is 162 Å². The molecular weight excluding hydrogens is 365 g/mol. The van der Waals surface area contributed by atoms with Gasteiger partial charge in [0.2, 0.25) is 0 Å². The third-order valence-corrected chi connectivity index (χ3v) is 5.09. The third kappa shape index (κ3) is 4.41. The molecule has 2 aliphatic rings. The van der Waals surface area contributed by atoms with Crippen molar-refractivity contribution in [2.45, 2.75) is 31.9 Å². The number of halogens is 1. The Balaban J connectivity index is 1.29. The first kappa shape index (κ1) is 18.7. The van der Waals surface area contributed by atoms with Crippen LogP contribution in [-0.2, 0) is 11.3 Å². The second-order valence-corrected chi connectivity index (χ2v) is 7.32. The first-order chi connectivity index (χ1) is 13.6. The average molecular weight is 389 g/mol. The average Bonchev–Trinajstić information content (AvgIpc) is 3.18. The minimum absolute atomic E-state index is 0.0723. The SMILES string of the molecule is COc1ccc(NC(=O)N2CCC(n3cc(COCC4CC4)nn3)C2)cc1F. The van der Waals surface area contributed by atoms with E-state index in [1.54, 1.807) is 15.6 Å². The van der Waals surface area contributed by atoms with E-state index in [1.807, 2.05) is 6.20 Å². The summed E-state index contributed by atoms with van der Waals surface area (Å²) in [5, 5.41) is 11.1. The van der Waals surface area contributed by atoms with Gasteiger partial charge in [0.25, 0.3) is 0 Å². The lowest BCUT2D eigenvalue weighted by Crippen LogP contribution is -2.33. The molecule has 28 heavy (non-hydrogen) atoms. The summed E-state index contributed by atoms with van der Waals surface area (Å²) in [7, 11) is 1.40. The first-order valence-electron chi connectivity index (χ1n) is 9.50. The molecule has 1 unspecified atom stereocenters. The summed E-state index contributed by atoms with van der Waals surface area (Å²) in [4.78, 5) is 14.2. The van der Waals surface area contributed by atoms with Gasteiger partial charge >= 0.3 is 6.03 Å². The van der Waals surface area contributed by atoms with Gasteiger partial charge in [-0.05, 0) is 37.3 Å². The number of nitrogens with zero attached hydrogens (tertiary/aromatic N) is 4. The van der Waals surface area contributed by atoms with Gasteiger partial charge in [0.15, 0.2) is 11.6 Å². The van der Waals surface area contributed by atoms with Gasteiger partial charge < -0.3 is 19.7 Å². The highest BCUT2D eigenvalue weighted by atomic mass is 19.1. The topological polar surface area (TPSA) is 81.5 Å². The fourth-order valence-corrected chi connectivity index (χ4v) is 3.26. The Kier molecular flexibility index (Phi) is 5.43. The molecule has 1 saturated heterocycles. The van der Waals surface area contributed by atoms with Gasteiger partial charge in [-0.15, -0.1) is 5.10 Å². The van der Waals surface area contributed by atoms with E-state index in [0.717, 1.165) is 24.6 Å². The van der Waals surface area contributed by atoms with Crippen molar-refractivity contribution in [2.75, 3.05) is 32.1 Å². The summed E-state index contributed by atoms with van der Waals surface area (Å²) >= 11 is 0. The van der Waals surface area contributed by atoms with Crippen molar-refractivity contribution in [1.29, 1.82) is 0 Å². The number of rotatable bonds is 7. The van der Waals surface area contributed by atoms with Crippen molar-refractivity contribution in [3.63, 3.8) is 0 Å². The Morgan fingerprint density at radius 1 is 1.36 bits per heavy atom. The van der Waals surface area contributed by atoms with Gasteiger partial charge in [-0.25, -0.2) is 13.9 Å². The molecule has 150 valence electrons. The molecule has 0 radical (unpaired) electrons. The van der Waals surface area contributed by atoms with Gasteiger partial charge in [-0.2, -0.15) is 0 Å². The van der Waals surface area contributed by atoms with E-state index in [1.165, 1.54) is 32.1 Å². The summed E-state index contributed by atoms with van der Waals surface area (Å²) in [6.45, 7) is 2.38. The van der Waals surface area contributed by atoms with Crippen LogP contribution in [0.2, 0.25) is 0 Å². The summed E-state index contributed by atoms with van der Waals surface area (Å²) < 4.78 is 26.1. The maximum atomic E-state index is 13.8. The molecule has 2 fully saturated rings. The Hall–Kier alpha value is -2.68. The number of carbonyl (C=O) groups is 1. The zero-order chi connectivity index (χ0) is 19.5. The zero-order valence-electron chi connectivity index (χ0n) is 15.8. The molecule has 0 spiro atoms. The van der Waals surface area contributed by atoms with E-state index in [4.69, 9.17) is 9.47 Å². The number of hydrogen-bond donors (Lipinski definition) is 1. The van der Waals surface area contributed by atoms with Gasteiger partial charge in [0.05, 0.1) is 26.0 Å². The number of hydrogen-bond acceptors (Lipinski definition) is 5. The minimum atomic E-state index is -0.515. The lowest BCUT2D eigenvalue weighted by atomic mass is 10.3. The molecule has 1 aromatic carbocycles. The number of carbonyl (C=O) groups excluding carboxylic acids is 1. The fraction of sp³-hybridized carbons (Fsp3) is 0.526. The number of ether oxygens (including phenoxy) is 2. The normalized spacial score (nSPS) is 19.1. The number of aromatic nitrogens is 3. The maximum Gasteiger partial charge on any atom is 0.321 e. The van der Waals surface area contributed by atoms with Crippen LogP contribution < -0.4 is 10.1 Å². The summed E-state index contributed by atoms with van der Waals surface area (Å²) in [5.41, 5.74) is 1.19. The van der Waals surface area contributed by atoms with Crippen molar-refractivity contribution >= 4 is 11.7 Å². The molecule has 2 heterocycles. The molecular formula is C19H24FN5O3. The highest BCUT2D eigenvalue weighted by molar-refractivity contribution is 5.89. The van der Waals surface area contributed by atoms with E-state index in [0.29, 0.717) is 25.4 Å². The van der Waals surface area contributed by atoms with Crippen molar-refractivity contribution in [3.05, 3.63) is 35.9 Å². The second kappa shape index (κ2) is 8.14. The summed E-state index contributed by atoms with van der Waals surface area (Å²) in [6.07, 6.45) is 5.19. The van der Waals surface area contributed by atoms with Crippen LogP contribution in [0.15, 0.2) is 24.4 Å². The number of nitrogens with one attached hydrogen (secondary N) is 1. The molecule has 2 amide bonds. The van der Waals surface area contributed by atoms with E-state index < -0.39 is 5.82 Å². The highest BCUT2D eigenvalue weighted by Gasteiger charge is 2.28. The molecule has 2 aromatic rings. The van der Waals surface area contributed by atoms with Crippen LogP contribution in [0.1, 0.15) is 31.0 Å². The number of amides is 2. The van der Waals surface area contributed by atoms with Crippen molar-refractivity contribution in [1.82, 2.24) is 19.9 Å². The molecule has 0 bridgehead atoms. The monoisotopic (exact) mass is 389 g/mol. The zero-order valence-corrected chi connectivity index (χ0v) is 15.8. The van der Waals surface area contributed by atoms with Crippen LogP contribution >= 0.6 is 0 Å². The van der Waals surface area contributed by atoms with Crippen LogP contribution in [0, 0.1) is 11.7 Å². The Bertz CT molecular complexity index is 839. The minimum Gasteiger partial charge on any atom is -0.494 e. The molecule has 1 aromatic heterocycles. The van der Waals surface area contributed by atoms with Crippen LogP contribution in [0.4, 0.5) is 14.9 Å². The van der Waals surface area contributed by atoms with Gasteiger partial charge in [-0.1, -0.05) is 5.21 Å². The standard InChI is InChI=1S/C19H24FN5O3/c1-27-18-5-4-14(8-17(18)20)21-19(26)24-7-6-16(10-24)25-9-15(22-23-25)12-28-11-13-2-3-13/h4-5,8-9,13,16H,2-3,6-7,10-12H2,1H3,(H,21,26).